The van der Waals surface area contributed by atoms with Crippen molar-refractivity contribution in [3.05, 3.63) is 11.6 Å². The van der Waals surface area contributed by atoms with Crippen LogP contribution in [0.15, 0.2) is 11.6 Å². The topological polar surface area (TPSA) is 26.3 Å². The largest absolute Gasteiger partial charge is 0.462 e. The Morgan fingerprint density at radius 2 is 1.33 bits per heavy atom. The smallest absolute Gasteiger partial charge is 0.306 e. The van der Waals surface area contributed by atoms with Crippen molar-refractivity contribution in [3.63, 3.8) is 0 Å². The van der Waals surface area contributed by atoms with Gasteiger partial charge in [-0.15, -0.1) is 0 Å². The zero-order chi connectivity index (χ0) is 30.5. The van der Waals surface area contributed by atoms with Crippen LogP contribution in [0.25, 0.3) is 0 Å². The van der Waals surface area contributed by atoms with E-state index in [1.54, 1.807) is 5.57 Å². The molecular formula is C41H72O2. The third kappa shape index (κ3) is 9.37. The molecule has 248 valence electrons. The van der Waals surface area contributed by atoms with Crippen LogP contribution in [0.2, 0.25) is 0 Å². The number of hydrogen-bond acceptors (Lipinski definition) is 2. The molecule has 4 rings (SSSR count). The molecule has 0 N–H and O–H groups in total. The first-order chi connectivity index (χ1) is 20.9. The van der Waals surface area contributed by atoms with Crippen molar-refractivity contribution < 1.29 is 9.53 Å². The Hall–Kier alpha value is -0.790. The van der Waals surface area contributed by atoms with E-state index in [1.807, 2.05) is 0 Å². The SMILES string of the molecule is CCCCCCCCCCCCCC(=O)O[C@H]1CC[C@@]2(C)C(=CC[C@H]3[C@H]4CC[C@H](CCCCCCCC)[C@@]4(C)CC[C@@H]32)C1. The van der Waals surface area contributed by atoms with Gasteiger partial charge in [0, 0.05) is 12.8 Å². The molecule has 0 bridgehead atoms. The second-order valence-corrected chi connectivity index (χ2v) is 16.3. The van der Waals surface area contributed by atoms with Gasteiger partial charge in [-0.25, -0.2) is 0 Å². The van der Waals surface area contributed by atoms with Gasteiger partial charge >= 0.3 is 5.97 Å². The molecule has 0 unspecified atom stereocenters. The number of carbonyl (C=O) groups excluding carboxylic acids is 1. The van der Waals surface area contributed by atoms with Gasteiger partial charge < -0.3 is 4.74 Å². The van der Waals surface area contributed by atoms with Gasteiger partial charge in [0.2, 0.25) is 0 Å². The average molecular weight is 597 g/mol. The van der Waals surface area contributed by atoms with Crippen LogP contribution in [-0.4, -0.2) is 12.1 Å². The highest BCUT2D eigenvalue weighted by Gasteiger charge is 2.58. The molecule has 3 fully saturated rings. The summed E-state index contributed by atoms with van der Waals surface area (Å²) in [6.07, 6.45) is 38.5. The Bertz CT molecular complexity index is 845. The second kappa shape index (κ2) is 17.8. The third-order valence-corrected chi connectivity index (χ3v) is 13.4. The Morgan fingerprint density at radius 1 is 0.721 bits per heavy atom. The summed E-state index contributed by atoms with van der Waals surface area (Å²) >= 11 is 0. The second-order valence-electron chi connectivity index (χ2n) is 16.3. The summed E-state index contributed by atoms with van der Waals surface area (Å²) in [6.45, 7) is 9.91. The Balaban J connectivity index is 1.16. The summed E-state index contributed by atoms with van der Waals surface area (Å²) in [5.74, 6) is 3.72. The number of fused-ring (bicyclic) bond motifs is 5. The molecule has 0 aliphatic heterocycles. The van der Waals surface area contributed by atoms with E-state index in [1.165, 1.54) is 148 Å². The van der Waals surface area contributed by atoms with Crippen LogP contribution in [0.3, 0.4) is 0 Å². The van der Waals surface area contributed by atoms with E-state index in [0.29, 0.717) is 17.3 Å². The van der Waals surface area contributed by atoms with E-state index < -0.39 is 0 Å². The lowest BCUT2D eigenvalue weighted by atomic mass is 9.47. The fourth-order valence-corrected chi connectivity index (χ4v) is 10.7. The van der Waals surface area contributed by atoms with Gasteiger partial charge in [0.15, 0.2) is 0 Å². The standard InChI is InChI=1S/C41H72O2/c1-5-7-9-11-13-14-15-16-17-19-21-23-39(42)43-35-28-30-41(4)34(32-35)24-26-36-37-27-25-33(22-20-18-12-10-8-6-2)40(37,3)31-29-38(36)41/h24,33,35-38H,5-23,25-32H2,1-4H3/t33-,35-,36-,37+,38-,40+,41-/m0/s1. The molecule has 0 heterocycles. The summed E-state index contributed by atoms with van der Waals surface area (Å²) in [7, 11) is 0. The van der Waals surface area contributed by atoms with E-state index in [0.717, 1.165) is 42.9 Å². The normalized spacial score (nSPS) is 33.4. The fraction of sp³-hybridized carbons (Fsp3) is 0.927. The lowest BCUT2D eigenvalue weighted by molar-refractivity contribution is -0.151. The lowest BCUT2D eigenvalue weighted by Crippen LogP contribution is -2.50. The highest BCUT2D eigenvalue weighted by Crippen LogP contribution is 2.66. The van der Waals surface area contributed by atoms with Crippen molar-refractivity contribution >= 4 is 5.97 Å². The van der Waals surface area contributed by atoms with Crippen molar-refractivity contribution in [2.75, 3.05) is 0 Å². The Morgan fingerprint density at radius 3 is 1.98 bits per heavy atom. The first-order valence-corrected chi connectivity index (χ1v) is 19.8. The van der Waals surface area contributed by atoms with E-state index in [-0.39, 0.29) is 12.1 Å². The van der Waals surface area contributed by atoms with Gasteiger partial charge in [0.25, 0.3) is 0 Å². The minimum Gasteiger partial charge on any atom is -0.462 e. The molecule has 0 saturated heterocycles. The predicted molar refractivity (Wildman–Crippen MR) is 184 cm³/mol. The van der Waals surface area contributed by atoms with Gasteiger partial charge in [-0.1, -0.05) is 142 Å². The molecule has 0 aromatic carbocycles. The van der Waals surface area contributed by atoms with Crippen LogP contribution in [-0.2, 0) is 9.53 Å². The van der Waals surface area contributed by atoms with Crippen LogP contribution in [0.1, 0.15) is 201 Å². The summed E-state index contributed by atoms with van der Waals surface area (Å²) < 4.78 is 6.10. The summed E-state index contributed by atoms with van der Waals surface area (Å²) in [6, 6.07) is 0. The quantitative estimate of drug-likeness (QED) is 0.0793. The molecule has 43 heavy (non-hydrogen) atoms. The minimum atomic E-state index is 0.0645. The number of hydrogen-bond donors (Lipinski definition) is 0. The van der Waals surface area contributed by atoms with Gasteiger partial charge in [0.05, 0.1) is 0 Å². The molecule has 0 amide bonds. The number of carbonyl (C=O) groups is 1. The fourth-order valence-electron chi connectivity index (χ4n) is 10.7. The van der Waals surface area contributed by atoms with Gasteiger partial charge in [-0.2, -0.15) is 0 Å². The molecule has 7 atom stereocenters. The first-order valence-electron chi connectivity index (χ1n) is 19.8. The molecule has 2 heteroatoms. The van der Waals surface area contributed by atoms with E-state index >= 15 is 0 Å². The van der Waals surface area contributed by atoms with Crippen molar-refractivity contribution in [1.82, 2.24) is 0 Å². The van der Waals surface area contributed by atoms with Crippen LogP contribution < -0.4 is 0 Å². The number of ether oxygens (including phenoxy) is 1. The Labute approximate surface area is 268 Å². The minimum absolute atomic E-state index is 0.0645. The van der Waals surface area contributed by atoms with Crippen molar-refractivity contribution in [3.8, 4) is 0 Å². The number of unbranched alkanes of at least 4 members (excludes halogenated alkanes) is 15. The molecular weight excluding hydrogens is 524 g/mol. The summed E-state index contributed by atoms with van der Waals surface area (Å²) in [5, 5.41) is 0. The monoisotopic (exact) mass is 597 g/mol. The van der Waals surface area contributed by atoms with Crippen molar-refractivity contribution in [1.29, 1.82) is 0 Å². The van der Waals surface area contributed by atoms with Gasteiger partial charge in [-0.05, 0) is 92.3 Å². The van der Waals surface area contributed by atoms with Crippen LogP contribution in [0.5, 0.6) is 0 Å². The maximum absolute atomic E-state index is 12.7. The molecule has 0 radical (unpaired) electrons. The lowest BCUT2D eigenvalue weighted by Gasteiger charge is -2.58. The zero-order valence-electron chi connectivity index (χ0n) is 29.4. The number of allylic oxidation sites excluding steroid dienone is 1. The van der Waals surface area contributed by atoms with E-state index in [4.69, 9.17) is 4.74 Å². The maximum atomic E-state index is 12.7. The zero-order valence-corrected chi connectivity index (χ0v) is 29.4. The van der Waals surface area contributed by atoms with Crippen molar-refractivity contribution in [2.24, 2.45) is 34.5 Å². The highest BCUT2D eigenvalue weighted by atomic mass is 16.5. The number of esters is 1. The molecule has 0 spiro atoms. The molecule has 0 aromatic rings. The Kier molecular flexibility index (Phi) is 14.5. The molecule has 3 saturated carbocycles. The summed E-state index contributed by atoms with van der Waals surface area (Å²) in [4.78, 5) is 12.7. The molecule has 0 aromatic heterocycles. The third-order valence-electron chi connectivity index (χ3n) is 13.4. The predicted octanol–water partition coefficient (Wildman–Crippen LogP) is 12.9. The first kappa shape index (κ1) is 35.1. The van der Waals surface area contributed by atoms with Crippen LogP contribution in [0, 0.1) is 34.5 Å². The highest BCUT2D eigenvalue weighted by molar-refractivity contribution is 5.69. The van der Waals surface area contributed by atoms with Gasteiger partial charge in [0.1, 0.15) is 6.10 Å². The van der Waals surface area contributed by atoms with E-state index in [2.05, 4.69) is 33.8 Å². The van der Waals surface area contributed by atoms with Crippen LogP contribution in [0.4, 0.5) is 0 Å². The van der Waals surface area contributed by atoms with Crippen molar-refractivity contribution in [2.45, 2.75) is 207 Å². The average Bonchev–Trinajstić information content (AvgIpc) is 3.34. The molecule has 4 aliphatic rings. The maximum Gasteiger partial charge on any atom is 0.306 e. The molecule has 4 aliphatic carbocycles. The summed E-state index contributed by atoms with van der Waals surface area (Å²) in [5.41, 5.74) is 2.59. The van der Waals surface area contributed by atoms with Crippen LogP contribution >= 0.6 is 0 Å². The number of rotatable bonds is 20. The van der Waals surface area contributed by atoms with E-state index in [9.17, 15) is 4.79 Å². The van der Waals surface area contributed by atoms with Gasteiger partial charge in [-0.3, -0.25) is 4.79 Å². The molecule has 2 nitrogen and oxygen atoms in total.